The molecule has 0 unspecified atom stereocenters. The molecule has 1 aromatic carbocycles. The molecule has 2 N–H and O–H groups in total. The largest absolute Gasteiger partial charge is 0.480 e. The fourth-order valence-electron chi connectivity index (χ4n) is 2.64. The van der Waals surface area contributed by atoms with E-state index in [-0.39, 0.29) is 0 Å². The number of fused-ring (bicyclic) bond motifs is 1. The lowest BCUT2D eigenvalue weighted by molar-refractivity contribution is -0.135. The fourth-order valence-corrected chi connectivity index (χ4v) is 2.64. The number of carboxylic acids is 1. The van der Waals surface area contributed by atoms with Gasteiger partial charge in [-0.1, -0.05) is 18.2 Å². The number of nitrogens with one attached hydrogen (secondary N) is 1. The van der Waals surface area contributed by atoms with Gasteiger partial charge >= 0.3 is 5.97 Å². The minimum absolute atomic E-state index is 0.340. The Morgan fingerprint density at radius 3 is 2.71 bits per heavy atom. The maximum absolute atomic E-state index is 12.1. The van der Waals surface area contributed by atoms with E-state index in [2.05, 4.69) is 10.4 Å². The number of amides is 1. The van der Waals surface area contributed by atoms with Gasteiger partial charge in [-0.2, -0.15) is 5.10 Å². The number of hydrogen-bond donors (Lipinski definition) is 2. The second-order valence-electron chi connectivity index (χ2n) is 4.95. The SMILES string of the molecule is O=C(O)CNC(=O)c1nn(-c2ccccc2)c2c1CCC2. The number of hydrogen-bond acceptors (Lipinski definition) is 3. The Labute approximate surface area is 121 Å². The lowest BCUT2D eigenvalue weighted by atomic mass is 10.2. The van der Waals surface area contributed by atoms with Gasteiger partial charge < -0.3 is 10.4 Å². The van der Waals surface area contributed by atoms with Gasteiger partial charge in [0.1, 0.15) is 6.54 Å². The number of nitrogens with zero attached hydrogens (tertiary/aromatic N) is 2. The summed E-state index contributed by atoms with van der Waals surface area (Å²) in [7, 11) is 0. The number of carbonyl (C=O) groups excluding carboxylic acids is 1. The highest BCUT2D eigenvalue weighted by Gasteiger charge is 2.26. The Kier molecular flexibility index (Phi) is 3.43. The number of rotatable bonds is 4. The van der Waals surface area contributed by atoms with Crippen molar-refractivity contribution in [1.82, 2.24) is 15.1 Å². The zero-order valence-corrected chi connectivity index (χ0v) is 11.4. The molecule has 3 rings (SSSR count). The van der Waals surface area contributed by atoms with Crippen LogP contribution in [0.3, 0.4) is 0 Å². The van der Waals surface area contributed by atoms with Gasteiger partial charge in [0.2, 0.25) is 0 Å². The average molecular weight is 285 g/mol. The molecular weight excluding hydrogens is 270 g/mol. The molecule has 6 nitrogen and oxygen atoms in total. The first-order chi connectivity index (χ1) is 10.2. The molecule has 0 radical (unpaired) electrons. The minimum Gasteiger partial charge on any atom is -0.480 e. The topological polar surface area (TPSA) is 84.2 Å². The summed E-state index contributed by atoms with van der Waals surface area (Å²) in [6.07, 6.45) is 2.67. The molecule has 0 fully saturated rings. The molecule has 0 saturated carbocycles. The first-order valence-electron chi connectivity index (χ1n) is 6.83. The number of carbonyl (C=O) groups is 2. The van der Waals surface area contributed by atoms with E-state index >= 15 is 0 Å². The fraction of sp³-hybridized carbons (Fsp3) is 0.267. The average Bonchev–Trinajstić information content (AvgIpc) is 3.07. The molecule has 1 aromatic heterocycles. The van der Waals surface area contributed by atoms with Crippen molar-refractivity contribution in [2.75, 3.05) is 6.54 Å². The van der Waals surface area contributed by atoms with Gasteiger partial charge in [-0.3, -0.25) is 9.59 Å². The van der Waals surface area contributed by atoms with E-state index in [1.807, 2.05) is 30.3 Å². The summed E-state index contributed by atoms with van der Waals surface area (Å²) in [4.78, 5) is 22.7. The van der Waals surface area contributed by atoms with Gasteiger partial charge in [0.25, 0.3) is 5.91 Å². The van der Waals surface area contributed by atoms with Crippen LogP contribution in [0.5, 0.6) is 0 Å². The van der Waals surface area contributed by atoms with Crippen molar-refractivity contribution in [3.63, 3.8) is 0 Å². The molecule has 108 valence electrons. The number of para-hydroxylation sites is 1. The van der Waals surface area contributed by atoms with E-state index in [0.29, 0.717) is 5.69 Å². The predicted octanol–water partition coefficient (Wildman–Crippen LogP) is 1.18. The van der Waals surface area contributed by atoms with Crippen molar-refractivity contribution >= 4 is 11.9 Å². The zero-order chi connectivity index (χ0) is 14.8. The summed E-state index contributed by atoms with van der Waals surface area (Å²) in [5.41, 5.74) is 3.23. The molecule has 1 amide bonds. The van der Waals surface area contributed by atoms with Crippen LogP contribution in [0.4, 0.5) is 0 Å². The highest BCUT2D eigenvalue weighted by atomic mass is 16.4. The van der Waals surface area contributed by atoms with Gasteiger partial charge in [0, 0.05) is 11.3 Å². The molecule has 2 aromatic rings. The van der Waals surface area contributed by atoms with Crippen LogP contribution >= 0.6 is 0 Å². The summed E-state index contributed by atoms with van der Waals surface area (Å²) in [5, 5.41) is 15.4. The van der Waals surface area contributed by atoms with Crippen molar-refractivity contribution in [3.8, 4) is 5.69 Å². The van der Waals surface area contributed by atoms with E-state index < -0.39 is 18.4 Å². The molecule has 0 atom stereocenters. The van der Waals surface area contributed by atoms with Crippen molar-refractivity contribution in [2.24, 2.45) is 0 Å². The second-order valence-corrected chi connectivity index (χ2v) is 4.95. The Balaban J connectivity index is 1.96. The summed E-state index contributed by atoms with van der Waals surface area (Å²) in [6, 6.07) is 9.63. The molecule has 0 aliphatic heterocycles. The highest BCUT2D eigenvalue weighted by molar-refractivity contribution is 5.95. The first kappa shape index (κ1) is 13.4. The predicted molar refractivity (Wildman–Crippen MR) is 75.6 cm³/mol. The standard InChI is InChI=1S/C15H15N3O3/c19-13(20)9-16-15(21)14-11-7-4-8-12(11)18(17-14)10-5-2-1-3-6-10/h1-3,5-6H,4,7-9H2,(H,16,21)(H,19,20). The molecule has 1 heterocycles. The molecule has 6 heteroatoms. The van der Waals surface area contributed by atoms with E-state index in [9.17, 15) is 9.59 Å². The summed E-state index contributed by atoms with van der Waals surface area (Å²) in [6.45, 7) is -0.397. The summed E-state index contributed by atoms with van der Waals surface area (Å²) >= 11 is 0. The number of aliphatic carboxylic acids is 1. The highest BCUT2D eigenvalue weighted by Crippen LogP contribution is 2.27. The smallest absolute Gasteiger partial charge is 0.322 e. The zero-order valence-electron chi connectivity index (χ0n) is 11.4. The summed E-state index contributed by atoms with van der Waals surface area (Å²) < 4.78 is 1.79. The third-order valence-corrected chi connectivity index (χ3v) is 3.55. The monoisotopic (exact) mass is 285 g/mol. The van der Waals surface area contributed by atoms with Crippen LogP contribution in [0.25, 0.3) is 5.69 Å². The van der Waals surface area contributed by atoms with Crippen molar-refractivity contribution in [3.05, 3.63) is 47.3 Å². The maximum Gasteiger partial charge on any atom is 0.322 e. The molecule has 0 saturated heterocycles. The van der Waals surface area contributed by atoms with Crippen molar-refractivity contribution in [2.45, 2.75) is 19.3 Å². The van der Waals surface area contributed by atoms with Gasteiger partial charge in [-0.15, -0.1) is 0 Å². The third kappa shape index (κ3) is 2.52. The van der Waals surface area contributed by atoms with Crippen LogP contribution in [0.1, 0.15) is 28.2 Å². The minimum atomic E-state index is -1.07. The number of aromatic nitrogens is 2. The number of carboxylic acid groups (broad SMARTS) is 1. The maximum atomic E-state index is 12.1. The lowest BCUT2D eigenvalue weighted by Gasteiger charge is -2.04. The molecule has 21 heavy (non-hydrogen) atoms. The van der Waals surface area contributed by atoms with Gasteiger partial charge in [0.05, 0.1) is 5.69 Å². The molecule has 1 aliphatic carbocycles. The molecular formula is C15H15N3O3. The van der Waals surface area contributed by atoms with Gasteiger partial charge in [-0.25, -0.2) is 4.68 Å². The van der Waals surface area contributed by atoms with Gasteiger partial charge in [0.15, 0.2) is 5.69 Å². The van der Waals surface area contributed by atoms with Crippen molar-refractivity contribution < 1.29 is 14.7 Å². The lowest BCUT2D eigenvalue weighted by Crippen LogP contribution is -2.30. The van der Waals surface area contributed by atoms with Crippen LogP contribution in [-0.4, -0.2) is 33.3 Å². The second kappa shape index (κ2) is 5.40. The molecule has 0 bridgehead atoms. The van der Waals surface area contributed by atoms with Crippen LogP contribution in [0.15, 0.2) is 30.3 Å². The van der Waals surface area contributed by atoms with E-state index in [0.717, 1.165) is 36.2 Å². The number of benzene rings is 1. The van der Waals surface area contributed by atoms with Crippen LogP contribution < -0.4 is 5.32 Å². The Hall–Kier alpha value is -2.63. The Morgan fingerprint density at radius 1 is 1.24 bits per heavy atom. The Bertz CT molecular complexity index is 692. The van der Waals surface area contributed by atoms with Gasteiger partial charge in [-0.05, 0) is 31.4 Å². The van der Waals surface area contributed by atoms with E-state index in [1.54, 1.807) is 4.68 Å². The van der Waals surface area contributed by atoms with Crippen LogP contribution in [0, 0.1) is 0 Å². The van der Waals surface area contributed by atoms with E-state index in [4.69, 9.17) is 5.11 Å². The first-order valence-corrected chi connectivity index (χ1v) is 6.83. The normalized spacial score (nSPS) is 13.0. The van der Waals surface area contributed by atoms with Crippen LogP contribution in [0.2, 0.25) is 0 Å². The van der Waals surface area contributed by atoms with Crippen LogP contribution in [-0.2, 0) is 17.6 Å². The quantitative estimate of drug-likeness (QED) is 0.883. The summed E-state index contributed by atoms with van der Waals surface area (Å²) in [5.74, 6) is -1.49. The van der Waals surface area contributed by atoms with Crippen molar-refractivity contribution in [1.29, 1.82) is 0 Å². The third-order valence-electron chi connectivity index (χ3n) is 3.55. The Morgan fingerprint density at radius 2 is 2.00 bits per heavy atom. The van der Waals surface area contributed by atoms with E-state index in [1.165, 1.54) is 0 Å². The molecule has 0 spiro atoms. The molecule has 1 aliphatic rings.